The highest BCUT2D eigenvalue weighted by molar-refractivity contribution is 8.00. The van der Waals surface area contributed by atoms with Crippen molar-refractivity contribution in [2.75, 3.05) is 7.11 Å². The van der Waals surface area contributed by atoms with E-state index in [9.17, 15) is 4.79 Å². The average Bonchev–Trinajstić information content (AvgIpc) is 2.47. The zero-order valence-electron chi connectivity index (χ0n) is 11.9. The number of benzene rings is 2. The summed E-state index contributed by atoms with van der Waals surface area (Å²) in [5, 5.41) is -0.121. The Bertz CT molecular complexity index is 590. The third-order valence-electron chi connectivity index (χ3n) is 3.06. The maximum Gasteiger partial charge on any atom is 0.175 e. The fraction of sp³-hybridized carbons (Fsp3) is 0.235. The molecule has 2 rings (SSSR count). The van der Waals surface area contributed by atoms with Gasteiger partial charge in [0, 0.05) is 10.5 Å². The average molecular weight is 286 g/mol. The highest BCUT2D eigenvalue weighted by Gasteiger charge is 2.16. The number of carbonyl (C=O) groups excluding carboxylic acids is 1. The lowest BCUT2D eigenvalue weighted by molar-refractivity contribution is 0.0994. The maximum atomic E-state index is 12.4. The number of hydrogen-bond donors (Lipinski definition) is 0. The summed E-state index contributed by atoms with van der Waals surface area (Å²) >= 11 is 1.55. The van der Waals surface area contributed by atoms with Crippen LogP contribution in [0, 0.1) is 6.92 Å². The van der Waals surface area contributed by atoms with Crippen molar-refractivity contribution >= 4 is 17.5 Å². The van der Waals surface area contributed by atoms with Gasteiger partial charge < -0.3 is 4.74 Å². The van der Waals surface area contributed by atoms with Crippen molar-refractivity contribution in [1.29, 1.82) is 0 Å². The third kappa shape index (κ3) is 3.64. The van der Waals surface area contributed by atoms with Crippen molar-refractivity contribution in [1.82, 2.24) is 0 Å². The summed E-state index contributed by atoms with van der Waals surface area (Å²) in [5.41, 5.74) is 1.92. The zero-order chi connectivity index (χ0) is 14.5. The molecular weight excluding hydrogens is 268 g/mol. The summed E-state index contributed by atoms with van der Waals surface area (Å²) in [6.07, 6.45) is 0. The van der Waals surface area contributed by atoms with Crippen LogP contribution in [0.4, 0.5) is 0 Å². The number of hydrogen-bond acceptors (Lipinski definition) is 3. The molecule has 0 aliphatic carbocycles. The Morgan fingerprint density at radius 2 is 1.85 bits per heavy atom. The van der Waals surface area contributed by atoms with Crippen LogP contribution in [0.2, 0.25) is 0 Å². The molecule has 0 bridgehead atoms. The van der Waals surface area contributed by atoms with Crippen LogP contribution in [0.5, 0.6) is 5.75 Å². The van der Waals surface area contributed by atoms with Crippen molar-refractivity contribution in [3.8, 4) is 5.75 Å². The van der Waals surface area contributed by atoms with E-state index in [4.69, 9.17) is 4.74 Å². The molecule has 0 aliphatic rings. The van der Waals surface area contributed by atoms with Crippen molar-refractivity contribution in [2.45, 2.75) is 24.0 Å². The van der Waals surface area contributed by atoms with Crippen molar-refractivity contribution in [3.63, 3.8) is 0 Å². The number of ketones is 1. The van der Waals surface area contributed by atoms with Crippen molar-refractivity contribution < 1.29 is 9.53 Å². The fourth-order valence-corrected chi connectivity index (χ4v) is 2.88. The van der Waals surface area contributed by atoms with Crippen LogP contribution in [0.3, 0.4) is 0 Å². The van der Waals surface area contributed by atoms with Gasteiger partial charge in [0.15, 0.2) is 5.78 Å². The predicted octanol–water partition coefficient (Wildman–Crippen LogP) is 4.37. The number of aryl methyl sites for hydroxylation is 1. The molecule has 0 spiro atoms. The maximum absolute atomic E-state index is 12.4. The third-order valence-corrected chi connectivity index (χ3v) is 4.15. The van der Waals surface area contributed by atoms with Crippen LogP contribution in [0.25, 0.3) is 0 Å². The molecule has 0 saturated heterocycles. The highest BCUT2D eigenvalue weighted by atomic mass is 32.2. The van der Waals surface area contributed by atoms with Gasteiger partial charge in [0.25, 0.3) is 0 Å². The van der Waals surface area contributed by atoms with Gasteiger partial charge in [0.1, 0.15) is 5.75 Å². The number of methoxy groups -OCH3 is 1. The van der Waals surface area contributed by atoms with Gasteiger partial charge >= 0.3 is 0 Å². The van der Waals surface area contributed by atoms with Gasteiger partial charge in [-0.2, -0.15) is 0 Å². The first kappa shape index (κ1) is 14.7. The summed E-state index contributed by atoms with van der Waals surface area (Å²) in [6, 6.07) is 15.5. The molecule has 0 N–H and O–H groups in total. The lowest BCUT2D eigenvalue weighted by atomic mass is 10.1. The molecule has 0 amide bonds. The Hall–Kier alpha value is -1.74. The second-order valence-electron chi connectivity index (χ2n) is 4.67. The molecule has 20 heavy (non-hydrogen) atoms. The number of Topliss-reactive ketones (excluding diaryl/α,β-unsaturated/α-hetero) is 1. The first-order valence-electron chi connectivity index (χ1n) is 6.52. The van der Waals surface area contributed by atoms with Gasteiger partial charge in [0.2, 0.25) is 0 Å². The molecule has 0 heterocycles. The highest BCUT2D eigenvalue weighted by Crippen LogP contribution is 2.28. The smallest absolute Gasteiger partial charge is 0.175 e. The molecule has 1 atom stereocenters. The summed E-state index contributed by atoms with van der Waals surface area (Å²) in [6.45, 7) is 3.95. The first-order chi connectivity index (χ1) is 9.60. The molecule has 0 aromatic heterocycles. The first-order valence-corrected chi connectivity index (χ1v) is 7.39. The molecule has 0 aliphatic heterocycles. The Balaban J connectivity index is 2.09. The Morgan fingerprint density at radius 1 is 1.15 bits per heavy atom. The van der Waals surface area contributed by atoms with E-state index in [1.165, 1.54) is 0 Å². The second kappa shape index (κ2) is 6.62. The number of thioether (sulfide) groups is 1. The van der Waals surface area contributed by atoms with Gasteiger partial charge in [0.05, 0.1) is 12.4 Å². The monoisotopic (exact) mass is 286 g/mol. The van der Waals surface area contributed by atoms with Gasteiger partial charge in [-0.05, 0) is 32.0 Å². The lowest BCUT2D eigenvalue weighted by Crippen LogP contribution is -2.13. The number of carbonyl (C=O) groups is 1. The standard InChI is InChI=1S/C17H18O2S/c1-12-7-9-14(10-8-12)17(18)13(2)20-16-6-4-5-15(11-16)19-3/h4-11,13H,1-3H3. The van der Waals surface area contributed by atoms with E-state index in [2.05, 4.69) is 0 Å². The van der Waals surface area contributed by atoms with E-state index in [-0.39, 0.29) is 11.0 Å². The van der Waals surface area contributed by atoms with Gasteiger partial charge in [-0.15, -0.1) is 11.8 Å². The second-order valence-corrected chi connectivity index (χ2v) is 6.08. The summed E-state index contributed by atoms with van der Waals surface area (Å²) in [7, 11) is 1.64. The van der Waals surface area contributed by atoms with E-state index in [1.54, 1.807) is 18.9 Å². The molecule has 2 nitrogen and oxygen atoms in total. The lowest BCUT2D eigenvalue weighted by Gasteiger charge is -2.11. The number of rotatable bonds is 5. The Kier molecular flexibility index (Phi) is 4.85. The normalized spacial score (nSPS) is 11.9. The summed E-state index contributed by atoms with van der Waals surface area (Å²) in [5.74, 6) is 0.961. The quantitative estimate of drug-likeness (QED) is 0.603. The minimum atomic E-state index is -0.121. The van der Waals surface area contributed by atoms with Crippen molar-refractivity contribution in [2.24, 2.45) is 0 Å². The van der Waals surface area contributed by atoms with Crippen LogP contribution in [0.15, 0.2) is 53.4 Å². The van der Waals surface area contributed by atoms with E-state index in [0.29, 0.717) is 0 Å². The van der Waals surface area contributed by atoms with E-state index >= 15 is 0 Å². The SMILES string of the molecule is COc1cccc(SC(C)C(=O)c2ccc(C)cc2)c1. The minimum Gasteiger partial charge on any atom is -0.497 e. The molecule has 0 saturated carbocycles. The van der Waals surface area contributed by atoms with Crippen molar-refractivity contribution in [3.05, 3.63) is 59.7 Å². The molecule has 2 aromatic carbocycles. The molecule has 104 valence electrons. The molecule has 2 aromatic rings. The fourth-order valence-electron chi connectivity index (χ4n) is 1.88. The molecule has 0 radical (unpaired) electrons. The molecule has 1 unspecified atom stereocenters. The van der Waals surface area contributed by atoms with Gasteiger partial charge in [-0.3, -0.25) is 4.79 Å². The van der Waals surface area contributed by atoms with Crippen LogP contribution < -0.4 is 4.74 Å². The Labute approximate surface area is 124 Å². The summed E-state index contributed by atoms with van der Waals surface area (Å²) in [4.78, 5) is 13.4. The topological polar surface area (TPSA) is 26.3 Å². The Morgan fingerprint density at radius 3 is 2.50 bits per heavy atom. The van der Waals surface area contributed by atoms with E-state index in [1.807, 2.05) is 62.4 Å². The molecule has 0 fully saturated rings. The van der Waals surface area contributed by atoms with E-state index < -0.39 is 0 Å². The summed E-state index contributed by atoms with van der Waals surface area (Å²) < 4.78 is 5.20. The van der Waals surface area contributed by atoms with Crippen LogP contribution in [-0.2, 0) is 0 Å². The van der Waals surface area contributed by atoms with E-state index in [0.717, 1.165) is 21.8 Å². The van der Waals surface area contributed by atoms with Gasteiger partial charge in [-0.25, -0.2) is 0 Å². The zero-order valence-corrected chi connectivity index (χ0v) is 12.7. The van der Waals surface area contributed by atoms with Gasteiger partial charge in [-0.1, -0.05) is 35.9 Å². The number of ether oxygens (including phenoxy) is 1. The predicted molar refractivity (Wildman–Crippen MR) is 83.8 cm³/mol. The van der Waals surface area contributed by atoms with Crippen LogP contribution in [0.1, 0.15) is 22.8 Å². The molecule has 3 heteroatoms. The largest absolute Gasteiger partial charge is 0.497 e. The minimum absolute atomic E-state index is 0.121. The van der Waals surface area contributed by atoms with Crippen LogP contribution >= 0.6 is 11.8 Å². The van der Waals surface area contributed by atoms with Crippen LogP contribution in [-0.4, -0.2) is 18.1 Å². The molecular formula is C17H18O2S.